The van der Waals surface area contributed by atoms with Crippen LogP contribution in [0.15, 0.2) is 52.9 Å². The number of nitro benzene ring substituents is 1. The Labute approximate surface area is 166 Å². The number of esters is 1. The van der Waals surface area contributed by atoms with Crippen LogP contribution in [-0.4, -0.2) is 27.7 Å². The number of hydrogen-bond acceptors (Lipinski definition) is 8. The van der Waals surface area contributed by atoms with Gasteiger partial charge < -0.3 is 13.9 Å². The van der Waals surface area contributed by atoms with E-state index in [0.29, 0.717) is 11.3 Å². The maximum Gasteiger partial charge on any atom is 0.344 e. The summed E-state index contributed by atoms with van der Waals surface area (Å²) in [7, 11) is 0. The molecule has 1 heterocycles. The minimum absolute atomic E-state index is 0.0403. The summed E-state index contributed by atoms with van der Waals surface area (Å²) in [5, 5.41) is 18.4. The highest BCUT2D eigenvalue weighted by Crippen LogP contribution is 2.26. The molecule has 9 nitrogen and oxygen atoms in total. The van der Waals surface area contributed by atoms with E-state index in [9.17, 15) is 14.9 Å². The van der Waals surface area contributed by atoms with Gasteiger partial charge in [-0.15, -0.1) is 10.2 Å². The normalized spacial score (nSPS) is 10.7. The predicted octanol–water partition coefficient (Wildman–Crippen LogP) is 3.89. The van der Waals surface area contributed by atoms with Gasteiger partial charge in [0.1, 0.15) is 5.75 Å². The maximum atomic E-state index is 11.9. The van der Waals surface area contributed by atoms with Crippen molar-refractivity contribution in [1.29, 1.82) is 0 Å². The largest absolute Gasteiger partial charge is 0.482 e. The molecule has 0 radical (unpaired) electrons. The second-order valence-electron chi connectivity index (χ2n) is 6.45. The number of carbonyl (C=O) groups is 1. The number of ether oxygens (including phenoxy) is 2. The van der Waals surface area contributed by atoms with Crippen LogP contribution in [0.2, 0.25) is 0 Å². The minimum Gasteiger partial charge on any atom is -0.482 e. The summed E-state index contributed by atoms with van der Waals surface area (Å²) in [6, 6.07) is 13.2. The molecule has 0 bridgehead atoms. The molecule has 1 aromatic heterocycles. The smallest absolute Gasteiger partial charge is 0.344 e. The first-order valence-corrected chi connectivity index (χ1v) is 8.88. The van der Waals surface area contributed by atoms with E-state index in [1.54, 1.807) is 6.07 Å². The Morgan fingerprint density at radius 3 is 2.55 bits per heavy atom. The van der Waals surface area contributed by atoms with Crippen molar-refractivity contribution in [2.24, 2.45) is 0 Å². The van der Waals surface area contributed by atoms with Crippen LogP contribution in [0.1, 0.15) is 31.2 Å². The molecule has 3 aromatic rings. The molecule has 0 N–H and O–H groups in total. The number of rotatable bonds is 8. The van der Waals surface area contributed by atoms with E-state index in [0.717, 1.165) is 5.56 Å². The Balaban J connectivity index is 1.53. The van der Waals surface area contributed by atoms with Crippen LogP contribution in [-0.2, 0) is 16.1 Å². The molecule has 0 atom stereocenters. The third kappa shape index (κ3) is 5.16. The minimum atomic E-state index is -0.571. The first kappa shape index (κ1) is 20.0. The fourth-order valence-corrected chi connectivity index (χ4v) is 2.56. The lowest BCUT2D eigenvalue weighted by atomic mass is 10.0. The Morgan fingerprint density at radius 1 is 1.14 bits per heavy atom. The number of aromatic nitrogens is 2. The molecule has 29 heavy (non-hydrogen) atoms. The van der Waals surface area contributed by atoms with Gasteiger partial charge >= 0.3 is 5.97 Å². The van der Waals surface area contributed by atoms with Crippen LogP contribution >= 0.6 is 0 Å². The number of non-ortho nitro benzene ring substituents is 1. The van der Waals surface area contributed by atoms with Crippen molar-refractivity contribution >= 4 is 11.7 Å². The van der Waals surface area contributed by atoms with E-state index in [1.807, 2.05) is 32.0 Å². The molecule has 9 heteroatoms. The van der Waals surface area contributed by atoms with Crippen LogP contribution < -0.4 is 4.74 Å². The van der Waals surface area contributed by atoms with E-state index in [4.69, 9.17) is 13.9 Å². The fourth-order valence-electron chi connectivity index (χ4n) is 2.56. The Morgan fingerprint density at radius 2 is 1.86 bits per heavy atom. The van der Waals surface area contributed by atoms with Crippen LogP contribution in [0.3, 0.4) is 0 Å². The zero-order valence-electron chi connectivity index (χ0n) is 15.9. The molecule has 0 saturated carbocycles. The van der Waals surface area contributed by atoms with Crippen LogP contribution in [0.25, 0.3) is 11.5 Å². The first-order chi connectivity index (χ1) is 13.9. The second kappa shape index (κ2) is 8.96. The van der Waals surface area contributed by atoms with Crippen LogP contribution in [0.4, 0.5) is 5.69 Å². The molecule has 0 saturated heterocycles. The molecule has 0 aliphatic heterocycles. The molecule has 0 fully saturated rings. The van der Waals surface area contributed by atoms with Gasteiger partial charge in [0.2, 0.25) is 5.89 Å². The maximum absolute atomic E-state index is 11.9. The van der Waals surface area contributed by atoms with Gasteiger partial charge in [-0.3, -0.25) is 10.1 Å². The predicted molar refractivity (Wildman–Crippen MR) is 102 cm³/mol. The SMILES string of the molecule is CC(C)c1ccccc1OCC(=O)OCc1nnc(-c2ccc([N+](=O)[O-])cc2)o1. The second-order valence-corrected chi connectivity index (χ2v) is 6.45. The summed E-state index contributed by atoms with van der Waals surface area (Å²) in [4.78, 5) is 22.1. The lowest BCUT2D eigenvalue weighted by molar-refractivity contribution is -0.384. The van der Waals surface area contributed by atoms with Gasteiger partial charge in [-0.25, -0.2) is 4.79 Å². The Kier molecular flexibility index (Phi) is 6.18. The van der Waals surface area contributed by atoms with Crippen molar-refractivity contribution in [2.45, 2.75) is 26.4 Å². The molecule has 150 valence electrons. The summed E-state index contributed by atoms with van der Waals surface area (Å²) < 4.78 is 16.1. The van der Waals surface area contributed by atoms with Gasteiger partial charge in [0.25, 0.3) is 11.6 Å². The fraction of sp³-hybridized carbons (Fsp3) is 0.250. The highest BCUT2D eigenvalue weighted by atomic mass is 16.6. The van der Waals surface area contributed by atoms with Gasteiger partial charge in [-0.2, -0.15) is 0 Å². The molecule has 0 unspecified atom stereocenters. The lowest BCUT2D eigenvalue weighted by Crippen LogP contribution is -2.15. The highest BCUT2D eigenvalue weighted by molar-refractivity contribution is 5.71. The van der Waals surface area contributed by atoms with E-state index in [1.165, 1.54) is 24.3 Å². The lowest BCUT2D eigenvalue weighted by Gasteiger charge is -2.13. The van der Waals surface area contributed by atoms with Crippen LogP contribution in [0, 0.1) is 10.1 Å². The molecule has 0 amide bonds. The van der Waals surface area contributed by atoms with E-state index in [2.05, 4.69) is 10.2 Å². The van der Waals surface area contributed by atoms with Crippen LogP contribution in [0.5, 0.6) is 5.75 Å². The van der Waals surface area contributed by atoms with E-state index in [-0.39, 0.29) is 36.6 Å². The van der Waals surface area contributed by atoms with E-state index >= 15 is 0 Å². The topological polar surface area (TPSA) is 118 Å². The van der Waals surface area contributed by atoms with Gasteiger partial charge in [-0.1, -0.05) is 32.0 Å². The molecular formula is C20H19N3O6. The van der Waals surface area contributed by atoms with Crippen molar-refractivity contribution in [3.8, 4) is 17.2 Å². The van der Waals surface area contributed by atoms with Gasteiger partial charge in [0.15, 0.2) is 13.2 Å². The van der Waals surface area contributed by atoms with Gasteiger partial charge in [-0.05, 0) is 29.7 Å². The summed E-state index contributed by atoms with van der Waals surface area (Å²) in [5.74, 6) is 0.608. The number of nitrogens with zero attached hydrogens (tertiary/aromatic N) is 3. The van der Waals surface area contributed by atoms with Gasteiger partial charge in [0.05, 0.1) is 4.92 Å². The van der Waals surface area contributed by atoms with Crippen molar-refractivity contribution in [1.82, 2.24) is 10.2 Å². The Hall–Kier alpha value is -3.75. The quantitative estimate of drug-likeness (QED) is 0.319. The number of carbonyl (C=O) groups excluding carboxylic acids is 1. The van der Waals surface area contributed by atoms with Crippen molar-refractivity contribution in [3.63, 3.8) is 0 Å². The number of para-hydroxylation sites is 1. The summed E-state index contributed by atoms with van der Waals surface area (Å²) in [6.07, 6.45) is 0. The summed E-state index contributed by atoms with van der Waals surface area (Å²) >= 11 is 0. The molecular weight excluding hydrogens is 378 g/mol. The number of nitro groups is 1. The summed E-state index contributed by atoms with van der Waals surface area (Å²) in [6.45, 7) is 3.64. The molecule has 3 rings (SSSR count). The van der Waals surface area contributed by atoms with Crippen molar-refractivity contribution in [2.75, 3.05) is 6.61 Å². The van der Waals surface area contributed by atoms with Crippen molar-refractivity contribution in [3.05, 3.63) is 70.1 Å². The average Bonchev–Trinajstić information content (AvgIpc) is 3.20. The average molecular weight is 397 g/mol. The van der Waals surface area contributed by atoms with E-state index < -0.39 is 10.9 Å². The monoisotopic (exact) mass is 397 g/mol. The third-order valence-corrected chi connectivity index (χ3v) is 4.04. The number of benzene rings is 2. The van der Waals surface area contributed by atoms with Gasteiger partial charge in [0, 0.05) is 17.7 Å². The number of hydrogen-bond donors (Lipinski definition) is 0. The molecule has 0 aliphatic carbocycles. The molecule has 0 aliphatic rings. The zero-order chi connectivity index (χ0) is 20.8. The highest BCUT2D eigenvalue weighted by Gasteiger charge is 2.14. The zero-order valence-corrected chi connectivity index (χ0v) is 15.9. The standard InChI is InChI=1S/C20H19N3O6/c1-13(2)16-5-3-4-6-17(16)27-12-19(24)28-11-18-21-22-20(29-18)14-7-9-15(10-8-14)23(25)26/h3-10,13H,11-12H2,1-2H3. The molecule has 2 aromatic carbocycles. The third-order valence-electron chi connectivity index (χ3n) is 4.04. The summed E-state index contributed by atoms with van der Waals surface area (Å²) in [5.41, 5.74) is 1.49. The molecule has 0 spiro atoms. The first-order valence-electron chi connectivity index (χ1n) is 8.88. The Bertz CT molecular complexity index is 997. The van der Waals surface area contributed by atoms with Crippen molar-refractivity contribution < 1.29 is 23.6 Å².